The highest BCUT2D eigenvalue weighted by Gasteiger charge is 2.16. The number of nitro groups is 1. The fourth-order valence-corrected chi connectivity index (χ4v) is 4.66. The molecule has 0 radical (unpaired) electrons. The summed E-state index contributed by atoms with van der Waals surface area (Å²) in [6.07, 6.45) is 6.87. The van der Waals surface area contributed by atoms with E-state index in [1.54, 1.807) is 41.4 Å². The van der Waals surface area contributed by atoms with E-state index in [1.807, 2.05) is 42.6 Å². The maximum absolute atomic E-state index is 13.1. The summed E-state index contributed by atoms with van der Waals surface area (Å²) in [5.41, 5.74) is 3.22. The molecule has 2 aromatic carbocycles. The van der Waals surface area contributed by atoms with Gasteiger partial charge in [0.25, 0.3) is 11.2 Å². The lowest BCUT2D eigenvalue weighted by Gasteiger charge is -2.00. The largest absolute Gasteiger partial charge is 0.291 e. The molecule has 0 atom stereocenters. The van der Waals surface area contributed by atoms with Gasteiger partial charge >= 0.3 is 0 Å². The lowest BCUT2D eigenvalue weighted by atomic mass is 10.1. The zero-order valence-corrected chi connectivity index (χ0v) is 19.2. The molecule has 0 aliphatic carbocycles. The molecule has 6 rings (SSSR count). The van der Waals surface area contributed by atoms with Crippen LogP contribution in [0, 0.1) is 10.1 Å². The van der Waals surface area contributed by atoms with Gasteiger partial charge in [-0.2, -0.15) is 14.6 Å². The Hall–Kier alpha value is -5.03. The number of fused-ring (bicyclic) bond motifs is 1. The first-order valence-electron chi connectivity index (χ1n) is 10.8. The van der Waals surface area contributed by atoms with E-state index in [2.05, 4.69) is 15.1 Å². The lowest BCUT2D eigenvalue weighted by molar-refractivity contribution is -0.384. The molecule has 4 aromatic heterocycles. The quantitative estimate of drug-likeness (QED) is 0.266. The van der Waals surface area contributed by atoms with Gasteiger partial charge in [0.2, 0.25) is 4.96 Å². The number of rotatable bonds is 5. The van der Waals surface area contributed by atoms with Crippen LogP contribution < -0.4 is 10.1 Å². The van der Waals surface area contributed by atoms with Crippen LogP contribution in [0.15, 0.2) is 90.1 Å². The molecular formula is C25H15N7O3S. The molecule has 0 saturated heterocycles. The SMILES string of the molecule is O=c1/c(=C/c2cn(-c3ccccc3)nc2-c2ccc([N+](=O)[O-])cc2)sc2nc(-c3cccnc3)nn12. The first kappa shape index (κ1) is 21.5. The molecule has 0 aliphatic rings. The lowest BCUT2D eigenvalue weighted by Crippen LogP contribution is -2.23. The second-order valence-electron chi connectivity index (χ2n) is 7.80. The Morgan fingerprint density at radius 2 is 1.75 bits per heavy atom. The third kappa shape index (κ3) is 3.83. The number of hydrogen-bond acceptors (Lipinski definition) is 8. The molecule has 4 heterocycles. The van der Waals surface area contributed by atoms with Gasteiger partial charge in [-0.1, -0.05) is 29.5 Å². The molecule has 6 aromatic rings. The monoisotopic (exact) mass is 493 g/mol. The van der Waals surface area contributed by atoms with E-state index in [1.165, 1.54) is 28.0 Å². The van der Waals surface area contributed by atoms with Crippen molar-refractivity contribution in [2.45, 2.75) is 0 Å². The van der Waals surface area contributed by atoms with Crippen molar-refractivity contribution in [2.75, 3.05) is 0 Å². The number of nitro benzene ring substituents is 1. The fraction of sp³-hybridized carbons (Fsp3) is 0. The number of para-hydroxylation sites is 1. The molecule has 11 heteroatoms. The van der Waals surface area contributed by atoms with E-state index in [-0.39, 0.29) is 11.2 Å². The highest BCUT2D eigenvalue weighted by atomic mass is 32.1. The van der Waals surface area contributed by atoms with Crippen molar-refractivity contribution in [1.82, 2.24) is 29.4 Å². The number of benzene rings is 2. The topological polar surface area (TPSA) is 121 Å². The molecule has 0 bridgehead atoms. The fourth-order valence-electron chi connectivity index (χ4n) is 3.76. The molecule has 0 N–H and O–H groups in total. The van der Waals surface area contributed by atoms with Gasteiger partial charge in [-0.05, 0) is 42.5 Å². The van der Waals surface area contributed by atoms with E-state index in [0.717, 1.165) is 11.3 Å². The summed E-state index contributed by atoms with van der Waals surface area (Å²) < 4.78 is 3.44. The van der Waals surface area contributed by atoms with Gasteiger partial charge in [0.05, 0.1) is 15.1 Å². The van der Waals surface area contributed by atoms with Crippen molar-refractivity contribution in [3.63, 3.8) is 0 Å². The van der Waals surface area contributed by atoms with Crippen LogP contribution in [0.5, 0.6) is 0 Å². The summed E-state index contributed by atoms with van der Waals surface area (Å²) >= 11 is 1.22. The van der Waals surface area contributed by atoms with Gasteiger partial charge in [-0.25, -0.2) is 4.68 Å². The standard InChI is InChI=1S/C25H15N7O3S/c33-24-21(36-25-27-23(29-31(24)25)17-5-4-12-26-14-17)13-18-15-30(19-6-2-1-3-7-19)28-22(18)16-8-10-20(11-9-16)32(34)35/h1-15H/b21-13-. The number of pyridine rings is 1. The van der Waals surface area contributed by atoms with Crippen LogP contribution in [-0.4, -0.2) is 34.3 Å². The van der Waals surface area contributed by atoms with Crippen LogP contribution >= 0.6 is 11.3 Å². The van der Waals surface area contributed by atoms with Crippen LogP contribution in [0.1, 0.15) is 5.56 Å². The molecule has 36 heavy (non-hydrogen) atoms. The number of nitrogens with zero attached hydrogens (tertiary/aromatic N) is 7. The van der Waals surface area contributed by atoms with Crippen LogP contribution in [-0.2, 0) is 0 Å². The van der Waals surface area contributed by atoms with Gasteiger partial charge < -0.3 is 0 Å². The summed E-state index contributed by atoms with van der Waals surface area (Å²) in [5.74, 6) is 0.432. The zero-order chi connectivity index (χ0) is 24.6. The number of thiazole rings is 1. The molecule has 0 aliphatic heterocycles. The van der Waals surface area contributed by atoms with Crippen molar-refractivity contribution < 1.29 is 4.92 Å². The third-order valence-electron chi connectivity index (χ3n) is 5.50. The van der Waals surface area contributed by atoms with Crippen molar-refractivity contribution >= 4 is 28.1 Å². The van der Waals surface area contributed by atoms with Gasteiger partial charge in [0.1, 0.15) is 5.69 Å². The maximum atomic E-state index is 13.1. The molecule has 0 saturated carbocycles. The summed E-state index contributed by atoms with van der Waals surface area (Å²) in [6, 6.07) is 19.3. The Bertz CT molecular complexity index is 1830. The van der Waals surface area contributed by atoms with Crippen LogP contribution in [0.3, 0.4) is 0 Å². The normalized spacial score (nSPS) is 11.8. The van der Waals surface area contributed by atoms with E-state index in [4.69, 9.17) is 5.10 Å². The van der Waals surface area contributed by atoms with Gasteiger partial charge in [-0.3, -0.25) is 19.9 Å². The highest BCUT2D eigenvalue weighted by molar-refractivity contribution is 7.15. The van der Waals surface area contributed by atoms with E-state index in [9.17, 15) is 14.9 Å². The minimum atomic E-state index is -0.447. The summed E-state index contributed by atoms with van der Waals surface area (Å²) in [7, 11) is 0. The third-order valence-corrected chi connectivity index (χ3v) is 6.46. The number of aromatic nitrogens is 6. The Kier molecular flexibility index (Phi) is 5.16. The highest BCUT2D eigenvalue weighted by Crippen LogP contribution is 2.26. The molecular weight excluding hydrogens is 478 g/mol. The molecule has 0 unspecified atom stereocenters. The second-order valence-corrected chi connectivity index (χ2v) is 8.81. The predicted molar refractivity (Wildman–Crippen MR) is 135 cm³/mol. The first-order valence-corrected chi connectivity index (χ1v) is 11.6. The number of hydrogen-bond donors (Lipinski definition) is 0. The van der Waals surface area contributed by atoms with Crippen molar-refractivity contribution in [3.8, 4) is 28.3 Å². The van der Waals surface area contributed by atoms with Crippen molar-refractivity contribution in [2.24, 2.45) is 0 Å². The molecule has 0 amide bonds. The smallest absolute Gasteiger partial charge is 0.266 e. The van der Waals surface area contributed by atoms with Gasteiger partial charge in [-0.15, -0.1) is 5.10 Å². The summed E-state index contributed by atoms with van der Waals surface area (Å²) in [5, 5.41) is 20.2. The van der Waals surface area contributed by atoms with Crippen LogP contribution in [0.2, 0.25) is 0 Å². The zero-order valence-electron chi connectivity index (χ0n) is 18.4. The summed E-state index contributed by atoms with van der Waals surface area (Å²) in [6.45, 7) is 0. The molecule has 0 spiro atoms. The summed E-state index contributed by atoms with van der Waals surface area (Å²) in [4.78, 5) is 32.8. The maximum Gasteiger partial charge on any atom is 0.291 e. The van der Waals surface area contributed by atoms with E-state index < -0.39 is 4.92 Å². The minimum absolute atomic E-state index is 0.0106. The van der Waals surface area contributed by atoms with Crippen molar-refractivity contribution in [1.29, 1.82) is 0 Å². The van der Waals surface area contributed by atoms with Gasteiger partial charge in [0, 0.05) is 47.4 Å². The van der Waals surface area contributed by atoms with Crippen LogP contribution in [0.4, 0.5) is 5.69 Å². The van der Waals surface area contributed by atoms with Gasteiger partial charge in [0.15, 0.2) is 5.82 Å². The Morgan fingerprint density at radius 3 is 2.44 bits per heavy atom. The van der Waals surface area contributed by atoms with Crippen LogP contribution in [0.25, 0.3) is 39.4 Å². The average molecular weight is 494 g/mol. The van der Waals surface area contributed by atoms with E-state index >= 15 is 0 Å². The van der Waals surface area contributed by atoms with E-state index in [0.29, 0.717) is 32.1 Å². The Balaban J connectivity index is 1.48. The van der Waals surface area contributed by atoms with Crippen molar-refractivity contribution in [3.05, 3.63) is 116 Å². The number of non-ortho nitro benzene ring substituents is 1. The average Bonchev–Trinajstić information content (AvgIpc) is 3.60. The first-order chi connectivity index (χ1) is 17.6. The molecule has 10 nitrogen and oxygen atoms in total. The second kappa shape index (κ2) is 8.64. The Labute approximate surface area is 206 Å². The minimum Gasteiger partial charge on any atom is -0.266 e. The predicted octanol–water partition coefficient (Wildman–Crippen LogP) is 3.52. The Morgan fingerprint density at radius 1 is 0.944 bits per heavy atom. The molecule has 174 valence electrons. The molecule has 0 fully saturated rings.